The highest BCUT2D eigenvalue weighted by Gasteiger charge is 1.91. The third-order valence-electron chi connectivity index (χ3n) is 4.19. The van der Waals surface area contributed by atoms with Crippen molar-refractivity contribution in [1.29, 1.82) is 0 Å². The van der Waals surface area contributed by atoms with E-state index >= 15 is 0 Å². The average molecular weight is 332 g/mol. The molecule has 0 saturated heterocycles. The van der Waals surface area contributed by atoms with Gasteiger partial charge in [-0.3, -0.25) is 5.73 Å². The van der Waals surface area contributed by atoms with Crippen LogP contribution in [-0.4, -0.2) is 13.1 Å². The molecule has 0 bridgehead atoms. The second kappa shape index (κ2) is 21.9. The summed E-state index contributed by atoms with van der Waals surface area (Å²) in [7, 11) is 0. The first-order valence-electron chi connectivity index (χ1n) is 10.2. The molecule has 0 unspecified atom stereocenters. The zero-order valence-electron chi connectivity index (χ0n) is 16.0. The maximum absolute atomic E-state index is 7.09. The summed E-state index contributed by atoms with van der Waals surface area (Å²) in [5.74, 6) is 9.30. The van der Waals surface area contributed by atoms with Crippen LogP contribution in [0.15, 0.2) is 0 Å². The largest absolute Gasteiger partial charge is 0.346 e. The molecule has 137 valence electrons. The summed E-state index contributed by atoms with van der Waals surface area (Å²) in [5.41, 5.74) is 7.09. The van der Waals surface area contributed by atoms with E-state index in [0.717, 1.165) is 25.8 Å². The fraction of sp³-hybridized carbons (Fsp3) is 0.818. The van der Waals surface area contributed by atoms with Crippen LogP contribution in [0.5, 0.6) is 0 Å². The van der Waals surface area contributed by atoms with Gasteiger partial charge in [-0.05, 0) is 32.6 Å². The van der Waals surface area contributed by atoms with Crippen LogP contribution in [0.3, 0.4) is 0 Å². The molecule has 0 spiro atoms. The molecule has 24 heavy (non-hydrogen) atoms. The summed E-state index contributed by atoms with van der Waals surface area (Å²) in [6.07, 6.45) is 18.7. The summed E-state index contributed by atoms with van der Waals surface area (Å²) < 4.78 is 0. The Morgan fingerprint density at radius 3 is 1.71 bits per heavy atom. The molecule has 1 radical (unpaired) electrons. The van der Waals surface area contributed by atoms with E-state index in [-0.39, 0.29) is 0 Å². The molecule has 0 heterocycles. The Morgan fingerprint density at radius 1 is 0.625 bits per heavy atom. The Kier molecular flexibility index (Phi) is 20.9. The van der Waals surface area contributed by atoms with Crippen molar-refractivity contribution >= 4 is 0 Å². The van der Waals surface area contributed by atoms with Gasteiger partial charge in [0.1, 0.15) is 0 Å². The maximum atomic E-state index is 7.09. The number of hydrogen-bond donors (Lipinski definition) is 1. The summed E-state index contributed by atoms with van der Waals surface area (Å²) in [5, 5.41) is 3.23. The molecular weight excluding hydrogens is 292 g/mol. The van der Waals surface area contributed by atoms with Gasteiger partial charge < -0.3 is 5.32 Å². The van der Waals surface area contributed by atoms with Gasteiger partial charge in [0, 0.05) is 32.0 Å². The third kappa shape index (κ3) is 20.9. The Hall–Kier alpha value is -1.12. The zero-order chi connectivity index (χ0) is 17.6. The minimum Gasteiger partial charge on any atom is -0.346 e. The molecule has 0 aromatic carbocycles. The summed E-state index contributed by atoms with van der Waals surface area (Å²) in [6, 6.07) is 3.09. The molecule has 0 aliphatic rings. The van der Waals surface area contributed by atoms with Crippen molar-refractivity contribution in [2.24, 2.45) is 0 Å². The molecule has 0 aromatic heterocycles. The number of unbranched alkanes of at least 4 members (excludes halogenated alkanes) is 13. The Morgan fingerprint density at radius 2 is 1.12 bits per heavy atom. The molecule has 2 nitrogen and oxygen atoms in total. The predicted octanol–water partition coefficient (Wildman–Crippen LogP) is 5.69. The highest BCUT2D eigenvalue weighted by atomic mass is 14.8. The lowest BCUT2D eigenvalue weighted by Crippen LogP contribution is -2.07. The van der Waals surface area contributed by atoms with Gasteiger partial charge in [-0.25, -0.2) is 0 Å². The van der Waals surface area contributed by atoms with Crippen molar-refractivity contribution in [3.05, 3.63) is 0 Å². The van der Waals surface area contributed by atoms with Gasteiger partial charge in [0.25, 0.3) is 0 Å². The number of hydrogen-bond acceptors (Lipinski definition) is 1. The van der Waals surface area contributed by atoms with Gasteiger partial charge in [0.05, 0.1) is 0 Å². The first-order chi connectivity index (χ1) is 11.9. The molecule has 2 heteroatoms. The first kappa shape index (κ1) is 22.9. The molecule has 0 amide bonds. The van der Waals surface area contributed by atoms with E-state index < -0.39 is 0 Å². The molecular formula is C22H39N2. The summed E-state index contributed by atoms with van der Waals surface area (Å²) >= 11 is 0. The molecule has 0 fully saturated rings. The monoisotopic (exact) mass is 331 g/mol. The van der Waals surface area contributed by atoms with Crippen LogP contribution in [0.1, 0.15) is 103 Å². The van der Waals surface area contributed by atoms with E-state index in [4.69, 9.17) is 5.73 Å². The smallest absolute Gasteiger partial charge is 0.0229 e. The van der Waals surface area contributed by atoms with Crippen LogP contribution < -0.4 is 11.1 Å². The number of nitrogens with one attached hydrogen (secondary N) is 2. The first-order valence-corrected chi connectivity index (χ1v) is 10.2. The van der Waals surface area contributed by atoms with Crippen molar-refractivity contribution < 1.29 is 0 Å². The van der Waals surface area contributed by atoms with Crippen LogP contribution in [0, 0.1) is 23.8 Å². The zero-order valence-corrected chi connectivity index (χ0v) is 16.0. The van der Waals surface area contributed by atoms with Crippen LogP contribution in [0.4, 0.5) is 0 Å². The fourth-order valence-corrected chi connectivity index (χ4v) is 2.67. The molecule has 0 atom stereocenters. The second-order valence-corrected chi connectivity index (χ2v) is 6.50. The normalized spacial score (nSPS) is 9.75. The van der Waals surface area contributed by atoms with Crippen LogP contribution in [0.2, 0.25) is 0 Å². The van der Waals surface area contributed by atoms with E-state index in [0.29, 0.717) is 6.54 Å². The van der Waals surface area contributed by atoms with Crippen LogP contribution in [0.25, 0.3) is 0 Å². The summed E-state index contributed by atoms with van der Waals surface area (Å²) in [6.45, 7) is 3.54. The van der Waals surface area contributed by atoms with E-state index in [9.17, 15) is 0 Å². The molecule has 0 aromatic rings. The highest BCUT2D eigenvalue weighted by Crippen LogP contribution is 2.08. The van der Waals surface area contributed by atoms with E-state index in [1.165, 1.54) is 77.0 Å². The van der Waals surface area contributed by atoms with Crippen LogP contribution in [-0.2, 0) is 0 Å². The van der Waals surface area contributed by atoms with Gasteiger partial charge in [0.2, 0.25) is 0 Å². The van der Waals surface area contributed by atoms with Gasteiger partial charge in [0.15, 0.2) is 0 Å². The topological polar surface area (TPSA) is 35.8 Å². The minimum atomic E-state index is 0.595. The SMILES string of the molecule is CC#CCCCCCCCCNC#CCCCCCCCCC[NH]. The lowest BCUT2D eigenvalue weighted by molar-refractivity contribution is 0.584. The number of rotatable bonds is 16. The summed E-state index contributed by atoms with van der Waals surface area (Å²) in [4.78, 5) is 0. The van der Waals surface area contributed by atoms with Gasteiger partial charge >= 0.3 is 0 Å². The van der Waals surface area contributed by atoms with Crippen molar-refractivity contribution in [3.8, 4) is 23.8 Å². The van der Waals surface area contributed by atoms with Gasteiger partial charge in [-0.15, -0.1) is 11.8 Å². The molecule has 0 saturated carbocycles. The van der Waals surface area contributed by atoms with Crippen molar-refractivity contribution in [3.63, 3.8) is 0 Å². The molecule has 0 rings (SSSR count). The van der Waals surface area contributed by atoms with Gasteiger partial charge in [-0.1, -0.05) is 63.7 Å². The maximum Gasteiger partial charge on any atom is 0.0229 e. The van der Waals surface area contributed by atoms with Crippen LogP contribution >= 0.6 is 0 Å². The van der Waals surface area contributed by atoms with Crippen molar-refractivity contribution in [2.45, 2.75) is 103 Å². The highest BCUT2D eigenvalue weighted by molar-refractivity contribution is 4.96. The third-order valence-corrected chi connectivity index (χ3v) is 4.19. The lowest BCUT2D eigenvalue weighted by Gasteiger charge is -2.00. The van der Waals surface area contributed by atoms with E-state index in [1.807, 2.05) is 6.92 Å². The Labute approximate surface area is 151 Å². The molecule has 2 N–H and O–H groups in total. The van der Waals surface area contributed by atoms with E-state index in [1.54, 1.807) is 0 Å². The standard InChI is InChI=1S/C22H39N2/c1-2-3-4-5-6-9-12-15-18-21-24-22-19-16-13-10-7-8-11-14-17-20-23/h23-24H,4-18,20-21H2,1H3. The Balaban J connectivity index is 3.10. The lowest BCUT2D eigenvalue weighted by atomic mass is 10.1. The Bertz CT molecular complexity index is 354. The predicted molar refractivity (Wildman–Crippen MR) is 106 cm³/mol. The van der Waals surface area contributed by atoms with E-state index in [2.05, 4.69) is 29.1 Å². The quantitative estimate of drug-likeness (QED) is 0.220. The fourth-order valence-electron chi connectivity index (χ4n) is 2.67. The van der Waals surface area contributed by atoms with Crippen molar-refractivity contribution in [1.82, 2.24) is 11.1 Å². The minimum absolute atomic E-state index is 0.595. The average Bonchev–Trinajstić information content (AvgIpc) is 2.60. The molecule has 0 aliphatic carbocycles. The molecule has 0 aliphatic heterocycles. The second-order valence-electron chi connectivity index (χ2n) is 6.50. The van der Waals surface area contributed by atoms with Gasteiger partial charge in [-0.2, -0.15) is 0 Å². The van der Waals surface area contributed by atoms with Crippen molar-refractivity contribution in [2.75, 3.05) is 13.1 Å².